The predicted molar refractivity (Wildman–Crippen MR) is 80.4 cm³/mol. The van der Waals surface area contributed by atoms with Crippen LogP contribution in [0.3, 0.4) is 0 Å². The molecule has 100 valence electrons. The molecule has 2 nitrogen and oxygen atoms in total. The van der Waals surface area contributed by atoms with Gasteiger partial charge in [-0.2, -0.15) is 0 Å². The summed E-state index contributed by atoms with van der Waals surface area (Å²) in [7, 11) is 2.00. The van der Waals surface area contributed by atoms with Crippen molar-refractivity contribution >= 4 is 0 Å². The fourth-order valence-electron chi connectivity index (χ4n) is 2.35. The van der Waals surface area contributed by atoms with E-state index in [0.29, 0.717) is 5.92 Å². The zero-order chi connectivity index (χ0) is 13.8. The van der Waals surface area contributed by atoms with Gasteiger partial charge in [-0.15, -0.1) is 0 Å². The van der Waals surface area contributed by atoms with Gasteiger partial charge in [-0.05, 0) is 48.7 Å². The molecule has 19 heavy (non-hydrogen) atoms. The van der Waals surface area contributed by atoms with Crippen LogP contribution in [-0.2, 0) is 0 Å². The van der Waals surface area contributed by atoms with Gasteiger partial charge in [0.15, 0.2) is 0 Å². The minimum atomic E-state index is 0.225. The summed E-state index contributed by atoms with van der Waals surface area (Å²) in [5.41, 5.74) is 4.98. The van der Waals surface area contributed by atoms with Crippen LogP contribution in [0.2, 0.25) is 0 Å². The van der Waals surface area contributed by atoms with Crippen molar-refractivity contribution in [3.63, 3.8) is 0 Å². The van der Waals surface area contributed by atoms with Crippen molar-refractivity contribution in [2.24, 2.45) is 0 Å². The van der Waals surface area contributed by atoms with E-state index in [4.69, 9.17) is 0 Å². The molecule has 1 unspecified atom stereocenters. The molecule has 0 radical (unpaired) electrons. The maximum Gasteiger partial charge on any atom is 0.0575 e. The minimum absolute atomic E-state index is 0.225. The lowest BCUT2D eigenvalue weighted by Crippen LogP contribution is -2.17. The maximum atomic E-state index is 4.26. The fraction of sp³-hybridized carbons (Fsp3) is 0.353. The monoisotopic (exact) mass is 254 g/mol. The highest BCUT2D eigenvalue weighted by Crippen LogP contribution is 2.24. The molecule has 0 aliphatic carbocycles. The molecular formula is C17H22N2. The fourth-order valence-corrected chi connectivity index (χ4v) is 2.35. The van der Waals surface area contributed by atoms with Crippen LogP contribution in [0.4, 0.5) is 0 Å². The van der Waals surface area contributed by atoms with E-state index in [2.05, 4.69) is 60.5 Å². The van der Waals surface area contributed by atoms with Crippen molar-refractivity contribution in [1.82, 2.24) is 10.3 Å². The summed E-state index contributed by atoms with van der Waals surface area (Å²) in [5, 5.41) is 3.38. The van der Waals surface area contributed by atoms with Crippen LogP contribution >= 0.6 is 0 Å². The van der Waals surface area contributed by atoms with Crippen molar-refractivity contribution in [2.75, 3.05) is 7.05 Å². The summed E-state index contributed by atoms with van der Waals surface area (Å²) >= 11 is 0. The SMILES string of the molecule is CNC(c1ccc(C(C)C)cc1)c1ccnc(C)c1. The summed E-state index contributed by atoms with van der Waals surface area (Å²) in [6.07, 6.45) is 1.87. The number of nitrogens with zero attached hydrogens (tertiary/aromatic N) is 1. The smallest absolute Gasteiger partial charge is 0.0575 e. The van der Waals surface area contributed by atoms with Crippen LogP contribution in [0, 0.1) is 6.92 Å². The Morgan fingerprint density at radius 3 is 2.11 bits per heavy atom. The number of aryl methyl sites for hydroxylation is 1. The molecule has 0 aliphatic heterocycles. The second-order valence-corrected chi connectivity index (χ2v) is 5.27. The third-order valence-corrected chi connectivity index (χ3v) is 3.48. The molecular weight excluding hydrogens is 232 g/mol. The summed E-state index contributed by atoms with van der Waals surface area (Å²) in [5.74, 6) is 0.574. The highest BCUT2D eigenvalue weighted by Gasteiger charge is 2.12. The van der Waals surface area contributed by atoms with E-state index < -0.39 is 0 Å². The highest BCUT2D eigenvalue weighted by atomic mass is 14.9. The second-order valence-electron chi connectivity index (χ2n) is 5.27. The van der Waals surface area contributed by atoms with Gasteiger partial charge < -0.3 is 5.32 Å². The van der Waals surface area contributed by atoms with Gasteiger partial charge in [0.2, 0.25) is 0 Å². The number of benzene rings is 1. The lowest BCUT2D eigenvalue weighted by atomic mass is 9.95. The maximum absolute atomic E-state index is 4.26. The van der Waals surface area contributed by atoms with Gasteiger partial charge >= 0.3 is 0 Å². The second kappa shape index (κ2) is 5.98. The third kappa shape index (κ3) is 3.21. The highest BCUT2D eigenvalue weighted by molar-refractivity contribution is 5.34. The Bertz CT molecular complexity index is 529. The summed E-state index contributed by atoms with van der Waals surface area (Å²) in [6, 6.07) is 13.3. The molecule has 0 bridgehead atoms. The average Bonchev–Trinajstić information content (AvgIpc) is 2.40. The number of nitrogens with one attached hydrogen (secondary N) is 1. The summed E-state index contributed by atoms with van der Waals surface area (Å²) < 4.78 is 0. The number of aromatic nitrogens is 1. The van der Waals surface area contributed by atoms with Crippen molar-refractivity contribution in [3.8, 4) is 0 Å². The van der Waals surface area contributed by atoms with Crippen molar-refractivity contribution in [1.29, 1.82) is 0 Å². The van der Waals surface area contributed by atoms with Gasteiger partial charge in [0.1, 0.15) is 0 Å². The minimum Gasteiger partial charge on any atom is -0.309 e. The Kier molecular flexibility index (Phi) is 4.33. The van der Waals surface area contributed by atoms with Gasteiger partial charge in [0, 0.05) is 11.9 Å². The van der Waals surface area contributed by atoms with Gasteiger partial charge in [-0.25, -0.2) is 0 Å². The zero-order valence-electron chi connectivity index (χ0n) is 12.1. The molecule has 0 spiro atoms. The molecule has 0 amide bonds. The van der Waals surface area contributed by atoms with Crippen LogP contribution in [-0.4, -0.2) is 12.0 Å². The van der Waals surface area contributed by atoms with Crippen LogP contribution in [0.1, 0.15) is 48.2 Å². The van der Waals surface area contributed by atoms with Crippen molar-refractivity contribution in [3.05, 3.63) is 65.0 Å². The average molecular weight is 254 g/mol. The van der Waals surface area contributed by atoms with Gasteiger partial charge in [0.25, 0.3) is 0 Å². The van der Waals surface area contributed by atoms with E-state index in [-0.39, 0.29) is 6.04 Å². The molecule has 0 fully saturated rings. The van der Waals surface area contributed by atoms with E-state index in [1.807, 2.05) is 20.2 Å². The lowest BCUT2D eigenvalue weighted by Gasteiger charge is -2.18. The van der Waals surface area contributed by atoms with Crippen LogP contribution in [0.15, 0.2) is 42.6 Å². The zero-order valence-corrected chi connectivity index (χ0v) is 12.1. The van der Waals surface area contributed by atoms with Crippen LogP contribution in [0.25, 0.3) is 0 Å². The molecule has 1 heterocycles. The van der Waals surface area contributed by atoms with Gasteiger partial charge in [-0.3, -0.25) is 4.98 Å². The number of hydrogen-bond acceptors (Lipinski definition) is 2. The number of hydrogen-bond donors (Lipinski definition) is 1. The topological polar surface area (TPSA) is 24.9 Å². The van der Waals surface area contributed by atoms with Gasteiger partial charge in [0.05, 0.1) is 6.04 Å². The Balaban J connectivity index is 2.31. The van der Waals surface area contributed by atoms with E-state index in [0.717, 1.165) is 5.69 Å². The molecule has 1 aromatic carbocycles. The third-order valence-electron chi connectivity index (χ3n) is 3.48. The Morgan fingerprint density at radius 1 is 0.947 bits per heavy atom. The largest absolute Gasteiger partial charge is 0.309 e. The van der Waals surface area contributed by atoms with Crippen LogP contribution in [0.5, 0.6) is 0 Å². The standard InChI is InChI=1S/C17H22N2/c1-12(2)14-5-7-15(8-6-14)17(18-4)16-9-10-19-13(3)11-16/h5-12,17-18H,1-4H3. The van der Waals surface area contributed by atoms with E-state index >= 15 is 0 Å². The molecule has 0 saturated heterocycles. The molecule has 0 saturated carbocycles. The summed E-state index contributed by atoms with van der Waals surface area (Å²) in [6.45, 7) is 6.46. The summed E-state index contributed by atoms with van der Waals surface area (Å²) in [4.78, 5) is 4.26. The molecule has 2 rings (SSSR count). The van der Waals surface area contributed by atoms with Crippen molar-refractivity contribution < 1.29 is 0 Å². The Hall–Kier alpha value is -1.67. The molecule has 1 N–H and O–H groups in total. The normalized spacial score (nSPS) is 12.7. The first kappa shape index (κ1) is 13.8. The predicted octanol–water partition coefficient (Wildman–Crippen LogP) is 3.82. The van der Waals surface area contributed by atoms with Gasteiger partial charge in [-0.1, -0.05) is 38.1 Å². The number of rotatable bonds is 4. The van der Waals surface area contributed by atoms with E-state index in [9.17, 15) is 0 Å². The molecule has 1 atom stereocenters. The van der Waals surface area contributed by atoms with Crippen LogP contribution < -0.4 is 5.32 Å². The molecule has 2 aromatic rings. The van der Waals surface area contributed by atoms with Crippen molar-refractivity contribution in [2.45, 2.75) is 32.7 Å². The quantitative estimate of drug-likeness (QED) is 0.897. The Morgan fingerprint density at radius 2 is 1.58 bits per heavy atom. The molecule has 0 aliphatic rings. The first-order chi connectivity index (χ1) is 9.11. The lowest BCUT2D eigenvalue weighted by molar-refractivity contribution is 0.689. The van der Waals surface area contributed by atoms with E-state index in [1.165, 1.54) is 16.7 Å². The first-order valence-electron chi connectivity index (χ1n) is 6.81. The Labute approximate surface area is 115 Å². The first-order valence-corrected chi connectivity index (χ1v) is 6.81. The van der Waals surface area contributed by atoms with E-state index in [1.54, 1.807) is 0 Å². The molecule has 2 heteroatoms. The number of pyridine rings is 1. The molecule has 1 aromatic heterocycles.